The minimum Gasteiger partial charge on any atom is -0.507 e. The summed E-state index contributed by atoms with van der Waals surface area (Å²) in [7, 11) is 1.34. The van der Waals surface area contributed by atoms with E-state index in [1.54, 1.807) is 24.4 Å². The lowest BCUT2D eigenvalue weighted by Gasteiger charge is -2.42. The lowest BCUT2D eigenvalue weighted by atomic mass is 9.72. The van der Waals surface area contributed by atoms with Crippen molar-refractivity contribution in [1.82, 2.24) is 5.43 Å². The maximum absolute atomic E-state index is 13.9. The van der Waals surface area contributed by atoms with Gasteiger partial charge in [0, 0.05) is 42.0 Å². The number of ketones is 2. The van der Waals surface area contributed by atoms with Crippen LogP contribution in [-0.2, 0) is 15.9 Å². The number of nitrogens with one attached hydrogen (secondary N) is 1. The van der Waals surface area contributed by atoms with Crippen LogP contribution < -0.4 is 15.9 Å². The largest absolute Gasteiger partial charge is 0.507 e. The highest BCUT2D eigenvalue weighted by Crippen LogP contribution is 2.52. The number of methoxy groups -OCH3 is 1. The number of aromatic hydroxyl groups is 2. The number of benzene rings is 2. The molecule has 2 aliphatic carbocycles. The summed E-state index contributed by atoms with van der Waals surface area (Å²) in [6.07, 6.45) is -4.47. The van der Waals surface area contributed by atoms with Gasteiger partial charge in [0.1, 0.15) is 22.8 Å². The van der Waals surface area contributed by atoms with Crippen molar-refractivity contribution in [3.8, 4) is 17.2 Å². The smallest absolute Gasteiger partial charge is 0.281 e. The highest BCUT2D eigenvalue weighted by atomic mass is 32.1. The molecule has 2 heterocycles. The zero-order valence-corrected chi connectivity index (χ0v) is 26.0. The van der Waals surface area contributed by atoms with E-state index in [1.165, 1.54) is 43.6 Å². The number of carbonyl (C=O) groups excluding carboxylic acids is 3. The van der Waals surface area contributed by atoms with Gasteiger partial charge in [-0.3, -0.25) is 14.4 Å². The molecule has 1 amide bonds. The molecule has 7 N–H and O–H groups in total. The Labute approximate surface area is 267 Å². The van der Waals surface area contributed by atoms with Crippen LogP contribution in [0.2, 0.25) is 0 Å². The number of phenolic OH excluding ortho intramolecular Hbond substituents is 2. The molecule has 1 aromatic heterocycles. The highest BCUT2D eigenvalue weighted by Gasteiger charge is 2.49. The van der Waals surface area contributed by atoms with Gasteiger partial charge in [0.15, 0.2) is 12.1 Å². The zero-order chi connectivity index (χ0) is 33.1. The molecule has 6 atom stereocenters. The number of nitrogens with two attached hydrogens (primary N) is 1. The van der Waals surface area contributed by atoms with Crippen LogP contribution in [0.15, 0.2) is 40.8 Å². The molecule has 0 bridgehead atoms. The van der Waals surface area contributed by atoms with E-state index >= 15 is 0 Å². The molecule has 14 heteroatoms. The topological polar surface area (TPSA) is 210 Å². The third kappa shape index (κ3) is 5.16. The molecule has 1 aliphatic heterocycles. The zero-order valence-electron chi connectivity index (χ0n) is 25.1. The van der Waals surface area contributed by atoms with Gasteiger partial charge in [-0.2, -0.15) is 5.10 Å². The summed E-state index contributed by atoms with van der Waals surface area (Å²) < 4.78 is 17.4. The first-order chi connectivity index (χ1) is 21.9. The van der Waals surface area contributed by atoms with Gasteiger partial charge in [-0.05, 0) is 31.4 Å². The second-order valence-corrected chi connectivity index (χ2v) is 12.6. The third-order valence-electron chi connectivity index (χ3n) is 8.89. The Morgan fingerprint density at radius 2 is 1.87 bits per heavy atom. The lowest BCUT2D eigenvalue weighted by Crippen LogP contribution is -2.52. The average Bonchev–Trinajstić information content (AvgIpc) is 3.57. The standard InChI is InChI=1S/C32H33N3O10S/c1-13-26(36)17(33)10-21(44-13)45-19-12-32(42,14(2)34-35-31(41)20-8-5-9-46-20)11-16-23(19)30(40)25-24(28(16)38)27(37)15-6-4-7-18(43-3)22(15)29(25)39/h4-9,13,17,19,21,26,36,38,40,42H,10-12,33H2,1-3H3,(H,35,41)/b34-14+. The number of aliphatic hydroxyl groups is 2. The van der Waals surface area contributed by atoms with Crippen LogP contribution in [0, 0.1) is 0 Å². The Hall–Kier alpha value is -4.18. The van der Waals surface area contributed by atoms with Crippen LogP contribution >= 0.6 is 11.3 Å². The fraction of sp³-hybridized carbons (Fsp3) is 0.375. The number of hydrogen-bond acceptors (Lipinski definition) is 13. The molecule has 13 nitrogen and oxygen atoms in total. The Balaban J connectivity index is 1.46. The van der Waals surface area contributed by atoms with Crippen LogP contribution in [0.3, 0.4) is 0 Å². The maximum atomic E-state index is 13.9. The normalized spacial score (nSPS) is 27.4. The number of phenols is 2. The molecule has 3 aliphatic rings. The van der Waals surface area contributed by atoms with Gasteiger partial charge in [-0.25, -0.2) is 5.43 Å². The molecule has 0 saturated carbocycles. The second kappa shape index (κ2) is 11.9. The summed E-state index contributed by atoms with van der Waals surface area (Å²) in [5, 5.41) is 51.6. The van der Waals surface area contributed by atoms with E-state index in [1.807, 2.05) is 0 Å². The third-order valence-corrected chi connectivity index (χ3v) is 9.75. The SMILES string of the molecule is COc1cccc2c1C(=O)c1c(O)c3c(c(O)c1C2=O)CC(O)(/C(C)=N/NC(=O)c1cccs1)CC3OC1CC(N)C(O)C(C)O1. The number of nitrogens with zero attached hydrogens (tertiary/aromatic N) is 1. The molecule has 3 aromatic rings. The van der Waals surface area contributed by atoms with Crippen molar-refractivity contribution in [2.75, 3.05) is 7.11 Å². The molecule has 0 radical (unpaired) electrons. The predicted octanol–water partition coefficient (Wildman–Crippen LogP) is 2.31. The summed E-state index contributed by atoms with van der Waals surface area (Å²) in [6.45, 7) is 3.10. The van der Waals surface area contributed by atoms with Crippen molar-refractivity contribution in [2.24, 2.45) is 10.8 Å². The van der Waals surface area contributed by atoms with Gasteiger partial charge in [0.2, 0.25) is 5.78 Å². The number of fused-ring (bicyclic) bond motifs is 3. The van der Waals surface area contributed by atoms with Crippen LogP contribution in [0.5, 0.6) is 17.2 Å². The minimum absolute atomic E-state index is 0.0171. The number of hydrogen-bond donors (Lipinski definition) is 6. The molecule has 46 heavy (non-hydrogen) atoms. The van der Waals surface area contributed by atoms with E-state index in [-0.39, 0.29) is 53.0 Å². The number of rotatable bonds is 6. The molecule has 1 fully saturated rings. The maximum Gasteiger partial charge on any atom is 0.281 e. The quantitative estimate of drug-likeness (QED) is 0.101. The van der Waals surface area contributed by atoms with E-state index in [2.05, 4.69) is 10.5 Å². The monoisotopic (exact) mass is 651 g/mol. The molecule has 1 saturated heterocycles. The van der Waals surface area contributed by atoms with Crippen molar-refractivity contribution >= 4 is 34.5 Å². The number of ether oxygens (including phenoxy) is 3. The van der Waals surface area contributed by atoms with Gasteiger partial charge < -0.3 is 40.4 Å². The lowest BCUT2D eigenvalue weighted by molar-refractivity contribution is -0.245. The summed E-state index contributed by atoms with van der Waals surface area (Å²) in [4.78, 5) is 40.6. The molecular formula is C32H33N3O10S. The van der Waals surface area contributed by atoms with Gasteiger partial charge in [0.25, 0.3) is 5.91 Å². The van der Waals surface area contributed by atoms with Crippen LogP contribution in [0.25, 0.3) is 0 Å². The van der Waals surface area contributed by atoms with Gasteiger partial charge >= 0.3 is 0 Å². The van der Waals surface area contributed by atoms with Crippen LogP contribution in [-0.4, -0.2) is 80.9 Å². The van der Waals surface area contributed by atoms with Crippen molar-refractivity contribution in [1.29, 1.82) is 0 Å². The summed E-state index contributed by atoms with van der Waals surface area (Å²) in [5.41, 5.74) is 5.74. The first-order valence-corrected chi connectivity index (χ1v) is 15.5. The fourth-order valence-corrected chi connectivity index (χ4v) is 6.98. The van der Waals surface area contributed by atoms with E-state index in [9.17, 15) is 34.8 Å². The molecule has 242 valence electrons. The first kappa shape index (κ1) is 31.8. The van der Waals surface area contributed by atoms with Crippen molar-refractivity contribution in [3.05, 3.63) is 74.0 Å². The molecule has 6 rings (SSSR count). The van der Waals surface area contributed by atoms with E-state index in [4.69, 9.17) is 19.9 Å². The van der Waals surface area contributed by atoms with Crippen molar-refractivity contribution in [3.63, 3.8) is 0 Å². The van der Waals surface area contributed by atoms with Gasteiger partial charge in [-0.1, -0.05) is 18.2 Å². The van der Waals surface area contributed by atoms with Crippen LogP contribution in [0.4, 0.5) is 0 Å². The van der Waals surface area contributed by atoms with Gasteiger partial charge in [-0.15, -0.1) is 11.3 Å². The predicted molar refractivity (Wildman–Crippen MR) is 165 cm³/mol. The van der Waals surface area contributed by atoms with E-state index in [0.29, 0.717) is 4.88 Å². The van der Waals surface area contributed by atoms with Crippen LogP contribution in [0.1, 0.15) is 85.4 Å². The number of carbonyl (C=O) groups is 3. The molecule has 0 spiro atoms. The Morgan fingerprint density at radius 1 is 1.13 bits per heavy atom. The Morgan fingerprint density at radius 3 is 2.54 bits per heavy atom. The number of hydrazone groups is 1. The molecule has 2 aromatic carbocycles. The van der Waals surface area contributed by atoms with Crippen molar-refractivity contribution in [2.45, 2.75) is 69.4 Å². The Bertz CT molecular complexity index is 1760. The number of aliphatic hydroxyl groups excluding tert-OH is 1. The van der Waals surface area contributed by atoms with Gasteiger partial charge in [0.05, 0.1) is 52.7 Å². The fourth-order valence-electron chi connectivity index (χ4n) is 6.37. The summed E-state index contributed by atoms with van der Waals surface area (Å²) >= 11 is 1.21. The molecular weight excluding hydrogens is 618 g/mol. The second-order valence-electron chi connectivity index (χ2n) is 11.7. The van der Waals surface area contributed by atoms with E-state index in [0.717, 1.165) is 0 Å². The number of thiophene rings is 1. The highest BCUT2D eigenvalue weighted by molar-refractivity contribution is 7.12. The molecule has 6 unspecified atom stereocenters. The summed E-state index contributed by atoms with van der Waals surface area (Å²) in [6, 6.07) is 7.08. The average molecular weight is 652 g/mol. The first-order valence-electron chi connectivity index (χ1n) is 14.6. The minimum atomic E-state index is -1.87. The summed E-state index contributed by atoms with van der Waals surface area (Å²) in [5.74, 6) is -3.04. The Kier molecular flexibility index (Phi) is 8.21. The number of amides is 1. The van der Waals surface area contributed by atoms with Crippen molar-refractivity contribution < 1.29 is 49.0 Å². The van der Waals surface area contributed by atoms with E-state index < -0.39 is 76.3 Å².